The van der Waals surface area contributed by atoms with E-state index in [9.17, 15) is 13.2 Å². The number of hydrogen-bond donors (Lipinski definition) is 0. The molecule has 35 rings (SSSR count). The molecule has 0 aromatic heterocycles. The molecule has 14 aliphatic carbocycles. The van der Waals surface area contributed by atoms with Gasteiger partial charge >= 0.3 is 11.8 Å². The number of nitrogens with zero attached hydrogens (tertiary/aromatic N) is 3. The largest absolute Gasteiger partial charge is 0.442 e. The topological polar surface area (TPSA) is 45.0 Å². The smallest absolute Gasteiger partial charge is 0.331 e. The Labute approximate surface area is 439 Å². The van der Waals surface area contributed by atoms with Gasteiger partial charge in [0.1, 0.15) is 0 Å². The maximum atomic E-state index is 16.6. The number of hydrogen-bond acceptors (Lipinski definition) is 3. The molecule has 0 radical (unpaired) electrons. The fourth-order valence-electron chi connectivity index (χ4n) is 29.4. The fourth-order valence-corrected chi connectivity index (χ4v) is 29.4. The van der Waals surface area contributed by atoms with Gasteiger partial charge in [-0.1, -0.05) is 12.1 Å². The van der Waals surface area contributed by atoms with E-state index in [1.807, 2.05) is 0 Å². The molecule has 1 saturated heterocycles. The molecule has 1 amide bonds. The van der Waals surface area contributed by atoms with Gasteiger partial charge in [0.15, 0.2) is 0 Å². The van der Waals surface area contributed by atoms with Crippen LogP contribution < -0.4 is 5.22 Å². The van der Waals surface area contributed by atoms with Crippen LogP contribution in [-0.2, 0) is 16.5 Å². The third-order valence-electron chi connectivity index (χ3n) is 29.5. The highest BCUT2D eigenvalue weighted by Crippen LogP contribution is 2.92. The van der Waals surface area contributed by atoms with E-state index in [4.69, 9.17) is 0 Å². The SMILES string of the molecule is C[C@@H]1N(C(=O)c2ccc(C3(C(F)(F)F)N=N3)cc2)[C@H](C)C23c4c5c6c7c8c9c%10c%11c%12c%13c%14c%15c%16c%17c%18c%14c%14c%19c%20c%21c%22c%23c%24c(c%25c4c4c6c8c6c%10c8c%10c%11c(c%14%13)c%20c%10c%10c%21c%24c%11c%25c4c6c8c%11%10)C12C=%23C(=C%17C3C5C%16=C7C%15C%129)C%18C%19%22. The van der Waals surface area contributed by atoms with Gasteiger partial charge in [-0.15, -0.1) is 10.2 Å². The molecular weight excluding hydrogens is 992 g/mol. The zero-order valence-corrected chi connectivity index (χ0v) is 41.3. The number of benzene rings is 13. The summed E-state index contributed by atoms with van der Waals surface area (Å²) < 4.78 is 43.7. The molecule has 0 N–H and O–H groups in total. The van der Waals surface area contributed by atoms with Gasteiger partial charge < -0.3 is 4.90 Å². The van der Waals surface area contributed by atoms with E-state index >= 15 is 4.79 Å². The molecule has 19 aromatic rings. The second-order valence-electron chi connectivity index (χ2n) is 29.5. The first-order chi connectivity index (χ1) is 39.3. The van der Waals surface area contributed by atoms with Crippen LogP contribution in [0.3, 0.4) is 0 Å². The second-order valence-corrected chi connectivity index (χ2v) is 29.5. The molecule has 352 valence electrons. The number of rotatable bonds is 2. The lowest BCUT2D eigenvalue weighted by atomic mass is 9.41. The Morgan fingerprint density at radius 1 is 0.425 bits per heavy atom. The summed E-state index contributed by atoms with van der Waals surface area (Å²) >= 11 is 0. The minimum atomic E-state index is -4.65. The van der Waals surface area contributed by atoms with E-state index < -0.39 is 22.7 Å². The molecule has 0 saturated carbocycles. The van der Waals surface area contributed by atoms with Crippen molar-refractivity contribution >= 4 is 211 Å². The van der Waals surface area contributed by atoms with Crippen molar-refractivity contribution in [1.82, 2.24) is 4.90 Å². The molecule has 80 heavy (non-hydrogen) atoms. The molecule has 2 heterocycles. The summed E-state index contributed by atoms with van der Waals surface area (Å²) in [7, 11) is 0. The lowest BCUT2D eigenvalue weighted by Crippen LogP contribution is -2.60. The van der Waals surface area contributed by atoms with Crippen molar-refractivity contribution in [2.24, 2.45) is 16.1 Å². The predicted octanol–water partition coefficient (Wildman–Crippen LogP) is 16.3. The third-order valence-corrected chi connectivity index (χ3v) is 29.5. The highest BCUT2D eigenvalue weighted by molar-refractivity contribution is 6.73. The number of carbonyl (C=O) groups is 1. The highest BCUT2D eigenvalue weighted by Gasteiger charge is 2.85. The van der Waals surface area contributed by atoms with Crippen LogP contribution in [0.1, 0.15) is 126 Å². The molecule has 10 atom stereocenters. The van der Waals surface area contributed by atoms with Crippen molar-refractivity contribution in [3.63, 3.8) is 0 Å². The Hall–Kier alpha value is -8.68. The number of alkyl halides is 3. The highest BCUT2D eigenvalue weighted by atomic mass is 19.4. The molecule has 4 nitrogen and oxygen atoms in total. The van der Waals surface area contributed by atoms with E-state index in [1.165, 1.54) is 12.1 Å². The van der Waals surface area contributed by atoms with Crippen LogP contribution in [0, 0.1) is 5.92 Å². The van der Waals surface area contributed by atoms with Gasteiger partial charge in [-0.25, -0.2) is 0 Å². The van der Waals surface area contributed by atoms with Crippen molar-refractivity contribution in [2.45, 2.75) is 78.2 Å². The number of carbonyl (C=O) groups excluding carboxylic acids is 1. The van der Waals surface area contributed by atoms with Crippen LogP contribution in [-0.4, -0.2) is 29.1 Å². The molecule has 2 aliphatic heterocycles. The minimum Gasteiger partial charge on any atom is -0.331 e. The summed E-state index contributed by atoms with van der Waals surface area (Å²) in [6.07, 6.45) is -4.65. The maximum absolute atomic E-state index is 16.6. The standard InChI is InChI=1S/C73H18F3N3O/c1-7-70-65-57-49-39-29-21-13-11-12-15-19-17(13)25-33-27(19)37-31-23(15)24-16(12)20-18-14(11)22(21)30-36-26(18)34-28(20)38-32(24)42-41(31)51-45(37)55-47(33)53(43(49)35(25)29)61(65)63(55)67-59(51)60-52(42)46(38)56-48(34)54-44(36)50(40(30)39)58(57)66(70)62(54)64(56)68(60)71(67,70)8(2)79(7)69(80)9-3-5-10(6-4-9)72(77-78-72)73(74,75)76/h3-8,21,29,45,55,57,65H,1-2H3/t7-,8+,21?,29?,45?,55?,57?,65?,70?,71?/m1/s1. The lowest BCUT2D eigenvalue weighted by molar-refractivity contribution is -0.166. The molecule has 2 spiro atoms. The van der Waals surface area contributed by atoms with E-state index in [0.717, 1.165) is 0 Å². The molecule has 7 heteroatoms. The molecule has 8 unspecified atom stereocenters. The van der Waals surface area contributed by atoms with Crippen LogP contribution >= 0.6 is 0 Å². The monoisotopic (exact) mass is 1010 g/mol. The van der Waals surface area contributed by atoms with Gasteiger partial charge in [0.2, 0.25) is 0 Å². The Morgan fingerprint density at radius 3 is 1.45 bits per heavy atom. The number of amides is 1. The molecule has 0 bridgehead atoms. The Kier molecular flexibility index (Phi) is 3.01. The van der Waals surface area contributed by atoms with Gasteiger partial charge in [0, 0.05) is 64.1 Å². The van der Waals surface area contributed by atoms with Gasteiger partial charge in [0.05, 0.1) is 5.41 Å². The van der Waals surface area contributed by atoms with E-state index in [-0.39, 0.29) is 53.1 Å². The Morgan fingerprint density at radius 2 is 0.863 bits per heavy atom. The van der Waals surface area contributed by atoms with E-state index in [1.54, 1.807) is 295 Å². The van der Waals surface area contributed by atoms with Crippen molar-refractivity contribution in [3.05, 3.63) is 113 Å². The van der Waals surface area contributed by atoms with Gasteiger partial charge in [-0.2, -0.15) is 13.2 Å². The summed E-state index contributed by atoms with van der Waals surface area (Å²) in [5.74, 6) is 1.28. The first-order valence-corrected chi connectivity index (χ1v) is 29.7. The van der Waals surface area contributed by atoms with Crippen LogP contribution in [0.5, 0.6) is 0 Å². The zero-order chi connectivity index (χ0) is 49.2. The first kappa shape index (κ1) is 32.4. The molecule has 19 aromatic carbocycles. The van der Waals surface area contributed by atoms with Crippen molar-refractivity contribution in [2.75, 3.05) is 0 Å². The van der Waals surface area contributed by atoms with Gasteiger partial charge in [0.25, 0.3) is 5.91 Å². The third kappa shape index (κ3) is 1.81. The second kappa shape index (κ2) is 7.43. The summed E-state index contributed by atoms with van der Waals surface area (Å²) in [5, 5.41) is 63.2. The van der Waals surface area contributed by atoms with Crippen molar-refractivity contribution in [1.29, 1.82) is 0 Å². The van der Waals surface area contributed by atoms with Gasteiger partial charge in [-0.3, -0.25) is 4.79 Å². The van der Waals surface area contributed by atoms with Crippen molar-refractivity contribution < 1.29 is 18.0 Å². The molecular formula is C73H18F3N3O. The lowest BCUT2D eigenvalue weighted by Gasteiger charge is -2.58. The number of likely N-dealkylation sites (tertiary alicyclic amines) is 1. The van der Waals surface area contributed by atoms with E-state index in [2.05, 4.69) is 29.0 Å². The average Bonchev–Trinajstić information content (AvgIpc) is 1.75. The van der Waals surface area contributed by atoms with Crippen LogP contribution in [0.4, 0.5) is 13.2 Å². The normalized spacial score (nSPS) is 32.4. The maximum Gasteiger partial charge on any atom is 0.442 e. The molecule has 1 fully saturated rings. The average molecular weight is 1010 g/mol. The first-order valence-electron chi connectivity index (χ1n) is 29.7. The number of allylic oxidation sites excluding steroid dienone is 4. The van der Waals surface area contributed by atoms with Crippen LogP contribution in [0.25, 0.3) is 205 Å². The van der Waals surface area contributed by atoms with E-state index in [0.29, 0.717) is 11.5 Å². The van der Waals surface area contributed by atoms with Gasteiger partial charge in [-0.05, 0) is 309 Å². The minimum absolute atomic E-state index is 0.0324. The summed E-state index contributed by atoms with van der Waals surface area (Å²) in [4.78, 5) is 18.9. The number of halogens is 3. The summed E-state index contributed by atoms with van der Waals surface area (Å²) in [5.41, 5.74) is 25.1. The Balaban J connectivity index is 0.925. The summed E-state index contributed by atoms with van der Waals surface area (Å²) in [6.45, 7) is 4.94. The van der Waals surface area contributed by atoms with Crippen LogP contribution in [0.15, 0.2) is 40.1 Å². The predicted molar refractivity (Wildman–Crippen MR) is 305 cm³/mol. The molecule has 16 aliphatic rings. The van der Waals surface area contributed by atoms with Crippen molar-refractivity contribution in [3.8, 4) is 0 Å². The quantitative estimate of drug-likeness (QED) is 0.159. The summed E-state index contributed by atoms with van der Waals surface area (Å²) in [6, 6.07) is 5.78. The Bertz CT molecular complexity index is 7320. The zero-order valence-electron chi connectivity index (χ0n) is 41.3. The van der Waals surface area contributed by atoms with Crippen LogP contribution in [0.2, 0.25) is 0 Å². The fraction of sp³-hybridized carbons (Fsp3) is 0.192.